The lowest BCUT2D eigenvalue weighted by atomic mass is 10.2. The van der Waals surface area contributed by atoms with Crippen LogP contribution in [0.15, 0.2) is 18.3 Å². The Hall–Kier alpha value is -0.700. The smallest absolute Gasteiger partial charge is 0.129 e. The minimum absolute atomic E-state index is 0.328. The van der Waals surface area contributed by atoms with Crippen molar-refractivity contribution in [3.63, 3.8) is 0 Å². The molecule has 0 saturated heterocycles. The van der Waals surface area contributed by atoms with Crippen LogP contribution in [-0.4, -0.2) is 21.5 Å². The molecule has 0 aliphatic rings. The molecule has 0 saturated carbocycles. The summed E-state index contributed by atoms with van der Waals surface area (Å²) in [6.45, 7) is 11.0. The number of thioether (sulfide) groups is 1. The van der Waals surface area contributed by atoms with E-state index in [0.717, 1.165) is 11.6 Å². The van der Waals surface area contributed by atoms with Gasteiger partial charge in [-0.1, -0.05) is 26.8 Å². The number of hydrogen-bond acceptors (Lipinski definition) is 3. The Morgan fingerprint density at radius 1 is 1.44 bits per heavy atom. The van der Waals surface area contributed by atoms with Crippen LogP contribution in [0.25, 0.3) is 0 Å². The molecule has 3 heteroatoms. The second kappa shape index (κ2) is 5.58. The van der Waals surface area contributed by atoms with Crippen molar-refractivity contribution in [1.29, 1.82) is 0 Å². The topological polar surface area (TPSA) is 24.9 Å². The van der Waals surface area contributed by atoms with Crippen molar-refractivity contribution < 1.29 is 0 Å². The van der Waals surface area contributed by atoms with Crippen LogP contribution in [0, 0.1) is 6.92 Å². The number of anilines is 1. The Labute approximate surface area is 103 Å². The van der Waals surface area contributed by atoms with E-state index in [2.05, 4.69) is 51.0 Å². The van der Waals surface area contributed by atoms with E-state index in [1.54, 1.807) is 0 Å². The third kappa shape index (κ3) is 4.88. The molecule has 1 N–H and O–H groups in total. The number of nitrogens with one attached hydrogen (secondary N) is 1. The van der Waals surface area contributed by atoms with Gasteiger partial charge in [-0.05, 0) is 25.5 Å². The van der Waals surface area contributed by atoms with Crippen LogP contribution in [0.4, 0.5) is 5.82 Å². The number of nitrogens with zero attached hydrogens (tertiary/aromatic N) is 1. The SMILES string of the molecule is Cc1cccnc1NC(C)CSC(C)(C)C. The Bertz CT molecular complexity index is 331. The Balaban J connectivity index is 2.46. The molecule has 0 aliphatic heterocycles. The van der Waals surface area contributed by atoms with Gasteiger partial charge >= 0.3 is 0 Å². The number of rotatable bonds is 4. The van der Waals surface area contributed by atoms with Crippen molar-refractivity contribution in [2.75, 3.05) is 11.1 Å². The first-order chi connectivity index (χ1) is 7.38. The average Bonchev–Trinajstić information content (AvgIpc) is 2.18. The zero-order chi connectivity index (χ0) is 12.2. The highest BCUT2D eigenvalue weighted by molar-refractivity contribution is 8.00. The summed E-state index contributed by atoms with van der Waals surface area (Å²) in [7, 11) is 0. The van der Waals surface area contributed by atoms with Crippen LogP contribution in [0.3, 0.4) is 0 Å². The van der Waals surface area contributed by atoms with E-state index in [1.807, 2.05) is 24.0 Å². The van der Waals surface area contributed by atoms with E-state index >= 15 is 0 Å². The number of aromatic nitrogens is 1. The van der Waals surface area contributed by atoms with Crippen LogP contribution in [0.5, 0.6) is 0 Å². The summed E-state index contributed by atoms with van der Waals surface area (Å²) >= 11 is 1.98. The van der Waals surface area contributed by atoms with E-state index in [0.29, 0.717) is 10.8 Å². The lowest BCUT2D eigenvalue weighted by Crippen LogP contribution is -2.22. The van der Waals surface area contributed by atoms with Gasteiger partial charge in [0.05, 0.1) is 0 Å². The second-order valence-corrected chi connectivity index (χ2v) is 6.98. The summed E-state index contributed by atoms with van der Waals surface area (Å²) in [6, 6.07) is 4.49. The molecule has 1 unspecified atom stereocenters. The van der Waals surface area contributed by atoms with Gasteiger partial charge in [-0.15, -0.1) is 0 Å². The lowest BCUT2D eigenvalue weighted by Gasteiger charge is -2.22. The highest BCUT2D eigenvalue weighted by Crippen LogP contribution is 2.24. The molecule has 1 rings (SSSR count). The quantitative estimate of drug-likeness (QED) is 0.865. The summed E-state index contributed by atoms with van der Waals surface area (Å²) in [5, 5.41) is 3.45. The molecule has 0 bridgehead atoms. The first kappa shape index (κ1) is 13.4. The molecular formula is C13H22N2S. The molecule has 0 spiro atoms. The predicted molar refractivity (Wildman–Crippen MR) is 74.3 cm³/mol. The largest absolute Gasteiger partial charge is 0.367 e. The predicted octanol–water partition coefficient (Wildman–Crippen LogP) is 3.72. The first-order valence-corrected chi connectivity index (χ1v) is 6.69. The second-order valence-electron chi connectivity index (χ2n) is 5.14. The van der Waals surface area contributed by atoms with Crippen molar-refractivity contribution in [3.05, 3.63) is 23.9 Å². The Morgan fingerprint density at radius 2 is 2.12 bits per heavy atom. The van der Waals surface area contributed by atoms with Crippen LogP contribution in [0.1, 0.15) is 33.3 Å². The summed E-state index contributed by atoms with van der Waals surface area (Å²) in [6.07, 6.45) is 1.83. The summed E-state index contributed by atoms with van der Waals surface area (Å²) in [5.74, 6) is 2.10. The van der Waals surface area contributed by atoms with E-state index in [9.17, 15) is 0 Å². The van der Waals surface area contributed by atoms with Gasteiger partial charge in [-0.2, -0.15) is 11.8 Å². The molecule has 1 aromatic rings. The molecule has 16 heavy (non-hydrogen) atoms. The normalized spacial score (nSPS) is 13.6. The van der Waals surface area contributed by atoms with E-state index < -0.39 is 0 Å². The summed E-state index contributed by atoms with van der Waals surface area (Å²) in [4.78, 5) is 4.34. The molecule has 0 radical (unpaired) electrons. The number of aryl methyl sites for hydroxylation is 1. The fourth-order valence-corrected chi connectivity index (χ4v) is 2.12. The molecule has 1 atom stereocenters. The fraction of sp³-hybridized carbons (Fsp3) is 0.615. The number of hydrogen-bond donors (Lipinski definition) is 1. The van der Waals surface area contributed by atoms with Crippen molar-refractivity contribution >= 4 is 17.6 Å². The maximum absolute atomic E-state index is 4.34. The Kier molecular flexibility index (Phi) is 4.66. The van der Waals surface area contributed by atoms with Gasteiger partial charge in [0.1, 0.15) is 5.82 Å². The molecule has 1 heterocycles. The van der Waals surface area contributed by atoms with Gasteiger partial charge in [0.15, 0.2) is 0 Å². The van der Waals surface area contributed by atoms with Crippen molar-refractivity contribution in [2.24, 2.45) is 0 Å². The van der Waals surface area contributed by atoms with Crippen molar-refractivity contribution in [1.82, 2.24) is 4.98 Å². The van der Waals surface area contributed by atoms with Gasteiger partial charge in [0, 0.05) is 22.7 Å². The van der Waals surface area contributed by atoms with Gasteiger partial charge in [-0.3, -0.25) is 0 Å². The first-order valence-electron chi connectivity index (χ1n) is 5.70. The van der Waals surface area contributed by atoms with E-state index in [4.69, 9.17) is 0 Å². The zero-order valence-electron chi connectivity index (χ0n) is 10.9. The van der Waals surface area contributed by atoms with Crippen LogP contribution in [0.2, 0.25) is 0 Å². The zero-order valence-corrected chi connectivity index (χ0v) is 11.7. The molecule has 2 nitrogen and oxygen atoms in total. The maximum Gasteiger partial charge on any atom is 0.129 e. The van der Waals surface area contributed by atoms with Crippen LogP contribution in [-0.2, 0) is 0 Å². The van der Waals surface area contributed by atoms with E-state index in [1.165, 1.54) is 5.56 Å². The van der Waals surface area contributed by atoms with Gasteiger partial charge in [0.25, 0.3) is 0 Å². The highest BCUT2D eigenvalue weighted by atomic mass is 32.2. The summed E-state index contributed by atoms with van der Waals surface area (Å²) in [5.41, 5.74) is 1.20. The molecule has 90 valence electrons. The summed E-state index contributed by atoms with van der Waals surface area (Å²) < 4.78 is 0.328. The van der Waals surface area contributed by atoms with Gasteiger partial charge < -0.3 is 5.32 Å². The Morgan fingerprint density at radius 3 is 2.69 bits per heavy atom. The molecule has 1 aromatic heterocycles. The van der Waals surface area contributed by atoms with Crippen LogP contribution < -0.4 is 5.32 Å². The van der Waals surface area contributed by atoms with E-state index in [-0.39, 0.29) is 0 Å². The molecule has 0 aliphatic carbocycles. The minimum Gasteiger partial charge on any atom is -0.367 e. The number of pyridine rings is 1. The van der Waals surface area contributed by atoms with Crippen molar-refractivity contribution in [3.8, 4) is 0 Å². The third-order valence-electron chi connectivity index (χ3n) is 2.16. The standard InChI is InChI=1S/C13H22N2S/c1-10-7-6-8-14-12(10)15-11(2)9-16-13(3,4)5/h6-8,11H,9H2,1-5H3,(H,14,15). The molecule has 0 aromatic carbocycles. The maximum atomic E-state index is 4.34. The highest BCUT2D eigenvalue weighted by Gasteiger charge is 2.13. The minimum atomic E-state index is 0.328. The van der Waals surface area contributed by atoms with Crippen LogP contribution >= 0.6 is 11.8 Å². The van der Waals surface area contributed by atoms with Gasteiger partial charge in [0.2, 0.25) is 0 Å². The van der Waals surface area contributed by atoms with Crippen molar-refractivity contribution in [2.45, 2.75) is 45.4 Å². The monoisotopic (exact) mass is 238 g/mol. The lowest BCUT2D eigenvalue weighted by molar-refractivity contribution is 0.793. The molecular weight excluding hydrogens is 216 g/mol. The van der Waals surface area contributed by atoms with Gasteiger partial charge in [-0.25, -0.2) is 4.98 Å². The third-order valence-corrected chi connectivity index (χ3v) is 3.69. The molecule has 0 amide bonds. The molecule has 0 fully saturated rings. The fourth-order valence-electron chi connectivity index (χ4n) is 1.29. The average molecular weight is 238 g/mol.